The maximum absolute atomic E-state index is 11.3. The zero-order valence-electron chi connectivity index (χ0n) is 17.3. The average Bonchev–Trinajstić information content (AvgIpc) is 2.77. The minimum Gasteiger partial charge on any atom is -0.507 e. The molecule has 0 aliphatic carbocycles. The smallest absolute Gasteiger partial charge is 0.127 e. The third kappa shape index (κ3) is 3.60. The van der Waals surface area contributed by atoms with E-state index in [4.69, 9.17) is 9.47 Å². The van der Waals surface area contributed by atoms with Crippen LogP contribution in [0.3, 0.4) is 0 Å². The van der Waals surface area contributed by atoms with Crippen molar-refractivity contribution in [1.82, 2.24) is 0 Å². The summed E-state index contributed by atoms with van der Waals surface area (Å²) in [6.07, 6.45) is 1.17. The van der Waals surface area contributed by atoms with Gasteiger partial charge in [-0.15, -0.1) is 0 Å². The van der Waals surface area contributed by atoms with E-state index in [0.717, 1.165) is 32.7 Å². The number of aromatic hydroxyl groups is 2. The number of phenols is 2. The molecule has 0 atom stereocenters. The molecular formula is C26H26O4. The third-order valence-corrected chi connectivity index (χ3v) is 5.60. The Hall–Kier alpha value is -3.08. The van der Waals surface area contributed by atoms with Gasteiger partial charge in [-0.1, -0.05) is 48.5 Å². The number of methoxy groups -OCH3 is 2. The molecule has 2 N–H and O–H groups in total. The molecule has 0 heterocycles. The maximum atomic E-state index is 11.3. The van der Waals surface area contributed by atoms with Crippen molar-refractivity contribution in [1.29, 1.82) is 0 Å². The highest BCUT2D eigenvalue weighted by molar-refractivity contribution is 6.10. The molecule has 4 aromatic rings. The van der Waals surface area contributed by atoms with E-state index in [1.165, 1.54) is 0 Å². The Morgan fingerprint density at radius 3 is 1.43 bits per heavy atom. The second-order valence-electron chi connectivity index (χ2n) is 7.45. The minimum atomic E-state index is 0.190. The topological polar surface area (TPSA) is 58.9 Å². The molecule has 0 saturated heterocycles. The van der Waals surface area contributed by atoms with Crippen LogP contribution in [0.1, 0.15) is 11.1 Å². The summed E-state index contributed by atoms with van der Waals surface area (Å²) in [4.78, 5) is 0. The maximum Gasteiger partial charge on any atom is 0.127 e. The molecule has 0 spiro atoms. The lowest BCUT2D eigenvalue weighted by Crippen LogP contribution is -1.99. The lowest BCUT2D eigenvalue weighted by Gasteiger charge is -2.19. The van der Waals surface area contributed by atoms with Gasteiger partial charge in [-0.25, -0.2) is 0 Å². The molecule has 4 aromatic carbocycles. The molecule has 0 radical (unpaired) electrons. The van der Waals surface area contributed by atoms with Gasteiger partial charge in [0, 0.05) is 25.3 Å². The molecule has 0 aromatic heterocycles. The van der Waals surface area contributed by atoms with Gasteiger partial charge in [-0.3, -0.25) is 0 Å². The van der Waals surface area contributed by atoms with Gasteiger partial charge in [0.25, 0.3) is 0 Å². The Kier molecular flexibility index (Phi) is 5.88. The van der Waals surface area contributed by atoms with E-state index in [1.807, 2.05) is 60.7 Å². The van der Waals surface area contributed by atoms with Crippen LogP contribution in [0.5, 0.6) is 11.5 Å². The Labute approximate surface area is 176 Å². The first-order chi connectivity index (χ1) is 14.7. The number of phenolic OH excluding ortho intramolecular Hbond substituents is 2. The van der Waals surface area contributed by atoms with Crippen LogP contribution in [0.4, 0.5) is 0 Å². The Bertz CT molecular complexity index is 1100. The van der Waals surface area contributed by atoms with E-state index < -0.39 is 0 Å². The lowest BCUT2D eigenvalue weighted by atomic mass is 9.88. The Balaban J connectivity index is 2.09. The van der Waals surface area contributed by atoms with Crippen LogP contribution in [0.25, 0.3) is 32.7 Å². The standard InChI is InChI=1S/C26H26O4/c1-29-13-11-19-15-17-7-3-5-9-21(17)23(25(19)27)24-22-10-6-4-8-18(22)16-20(26(24)28)12-14-30-2/h3-10,15-16,27-28H,11-14H2,1-2H3. The monoisotopic (exact) mass is 402 g/mol. The number of benzene rings is 4. The highest BCUT2D eigenvalue weighted by Gasteiger charge is 2.21. The van der Waals surface area contributed by atoms with Crippen LogP contribution in [0.2, 0.25) is 0 Å². The summed E-state index contributed by atoms with van der Waals surface area (Å²) in [5.41, 5.74) is 2.92. The molecule has 0 aliphatic heterocycles. The summed E-state index contributed by atoms with van der Waals surface area (Å²) in [5, 5.41) is 26.5. The van der Waals surface area contributed by atoms with Gasteiger partial charge in [-0.05, 0) is 57.6 Å². The second-order valence-corrected chi connectivity index (χ2v) is 7.45. The Morgan fingerprint density at radius 1 is 0.633 bits per heavy atom. The summed E-state index contributed by atoms with van der Waals surface area (Å²) >= 11 is 0. The normalized spacial score (nSPS) is 11.4. The number of rotatable bonds is 7. The molecule has 0 unspecified atom stereocenters. The van der Waals surface area contributed by atoms with E-state index in [0.29, 0.717) is 37.2 Å². The van der Waals surface area contributed by atoms with E-state index in [2.05, 4.69) is 0 Å². The summed E-state index contributed by atoms with van der Waals surface area (Å²) < 4.78 is 10.5. The first-order valence-electron chi connectivity index (χ1n) is 10.1. The van der Waals surface area contributed by atoms with Crippen LogP contribution < -0.4 is 0 Å². The van der Waals surface area contributed by atoms with Gasteiger partial charge in [0.15, 0.2) is 0 Å². The molecule has 0 saturated carbocycles. The summed E-state index contributed by atoms with van der Waals surface area (Å²) in [7, 11) is 3.30. The summed E-state index contributed by atoms with van der Waals surface area (Å²) in [5.74, 6) is 0.380. The molecule has 0 bridgehead atoms. The molecule has 4 nitrogen and oxygen atoms in total. The van der Waals surface area contributed by atoms with E-state index in [-0.39, 0.29) is 11.5 Å². The fourth-order valence-electron chi connectivity index (χ4n) is 4.10. The fourth-order valence-corrected chi connectivity index (χ4v) is 4.10. The molecule has 0 aliphatic rings. The van der Waals surface area contributed by atoms with Gasteiger partial charge in [0.05, 0.1) is 13.2 Å². The van der Waals surface area contributed by atoms with Crippen molar-refractivity contribution in [2.45, 2.75) is 12.8 Å². The van der Waals surface area contributed by atoms with Crippen molar-refractivity contribution >= 4 is 21.5 Å². The number of hydrogen-bond donors (Lipinski definition) is 2. The van der Waals surface area contributed by atoms with Crippen molar-refractivity contribution in [2.75, 3.05) is 27.4 Å². The number of ether oxygens (including phenoxy) is 2. The summed E-state index contributed by atoms with van der Waals surface area (Å²) in [6.45, 7) is 1.01. The second kappa shape index (κ2) is 8.74. The van der Waals surface area contributed by atoms with Crippen LogP contribution in [0, 0.1) is 0 Å². The number of fused-ring (bicyclic) bond motifs is 2. The molecule has 4 heteroatoms. The van der Waals surface area contributed by atoms with E-state index in [9.17, 15) is 10.2 Å². The largest absolute Gasteiger partial charge is 0.507 e. The third-order valence-electron chi connectivity index (χ3n) is 5.60. The van der Waals surface area contributed by atoms with Gasteiger partial charge in [0.1, 0.15) is 11.5 Å². The zero-order chi connectivity index (χ0) is 21.1. The van der Waals surface area contributed by atoms with Crippen molar-refractivity contribution in [3.05, 3.63) is 71.8 Å². The molecule has 4 rings (SSSR count). The SMILES string of the molecule is COCCc1cc2ccccc2c(-c2c(O)c(CCOC)cc3ccccc23)c1O. The number of hydrogen-bond acceptors (Lipinski definition) is 4. The molecule has 0 amide bonds. The van der Waals surface area contributed by atoms with Gasteiger partial charge >= 0.3 is 0 Å². The molecule has 154 valence electrons. The van der Waals surface area contributed by atoms with Gasteiger partial charge < -0.3 is 19.7 Å². The van der Waals surface area contributed by atoms with Gasteiger partial charge in [0.2, 0.25) is 0 Å². The quantitative estimate of drug-likeness (QED) is 0.432. The van der Waals surface area contributed by atoms with Crippen molar-refractivity contribution in [3.63, 3.8) is 0 Å². The molecule has 30 heavy (non-hydrogen) atoms. The van der Waals surface area contributed by atoms with Gasteiger partial charge in [-0.2, -0.15) is 0 Å². The Morgan fingerprint density at radius 2 is 1.03 bits per heavy atom. The highest BCUT2D eigenvalue weighted by Crippen LogP contribution is 2.47. The fraction of sp³-hybridized carbons (Fsp3) is 0.231. The molecule has 0 fully saturated rings. The van der Waals surface area contributed by atoms with Crippen LogP contribution >= 0.6 is 0 Å². The highest BCUT2D eigenvalue weighted by atomic mass is 16.5. The zero-order valence-corrected chi connectivity index (χ0v) is 17.3. The van der Waals surface area contributed by atoms with Crippen LogP contribution in [0.15, 0.2) is 60.7 Å². The van der Waals surface area contributed by atoms with Crippen LogP contribution in [-0.4, -0.2) is 37.6 Å². The predicted molar refractivity (Wildman–Crippen MR) is 121 cm³/mol. The van der Waals surface area contributed by atoms with Crippen molar-refractivity contribution in [2.24, 2.45) is 0 Å². The molecular weight excluding hydrogens is 376 g/mol. The average molecular weight is 402 g/mol. The van der Waals surface area contributed by atoms with E-state index in [1.54, 1.807) is 14.2 Å². The summed E-state index contributed by atoms with van der Waals surface area (Å²) in [6, 6.07) is 19.9. The first kappa shape index (κ1) is 20.2. The first-order valence-corrected chi connectivity index (χ1v) is 10.1. The minimum absolute atomic E-state index is 0.190. The van der Waals surface area contributed by atoms with E-state index >= 15 is 0 Å². The van der Waals surface area contributed by atoms with Crippen LogP contribution in [-0.2, 0) is 22.3 Å². The predicted octanol–water partition coefficient (Wildman–Crippen LogP) is 5.45. The van der Waals surface area contributed by atoms with Crippen molar-refractivity contribution in [3.8, 4) is 22.6 Å². The lowest BCUT2D eigenvalue weighted by molar-refractivity contribution is 0.201. The van der Waals surface area contributed by atoms with Crippen molar-refractivity contribution < 1.29 is 19.7 Å².